The predicted molar refractivity (Wildman–Crippen MR) is 112 cm³/mol. The van der Waals surface area contributed by atoms with E-state index in [4.69, 9.17) is 0 Å². The summed E-state index contributed by atoms with van der Waals surface area (Å²) in [6.45, 7) is 4.45. The van der Waals surface area contributed by atoms with Gasteiger partial charge in [-0.2, -0.15) is 0 Å². The summed E-state index contributed by atoms with van der Waals surface area (Å²) >= 11 is 0. The summed E-state index contributed by atoms with van der Waals surface area (Å²) in [5.41, 5.74) is 3.42. The van der Waals surface area contributed by atoms with Crippen molar-refractivity contribution in [3.8, 4) is 0 Å². The van der Waals surface area contributed by atoms with Crippen LogP contribution in [0.4, 0.5) is 9.18 Å². The molecule has 3 N–H and O–H groups in total. The normalized spacial score (nSPS) is 11.8. The molecule has 0 spiro atoms. The molecular weight excluding hydrogens is 385 g/mol. The zero-order chi connectivity index (χ0) is 21.5. The van der Waals surface area contributed by atoms with E-state index in [9.17, 15) is 14.0 Å². The van der Waals surface area contributed by atoms with Crippen molar-refractivity contribution < 1.29 is 14.0 Å². The third kappa shape index (κ3) is 5.56. The molecule has 3 amide bonds. The van der Waals surface area contributed by atoms with E-state index in [1.54, 1.807) is 12.1 Å². The number of aromatic nitrogens is 2. The zero-order valence-corrected chi connectivity index (χ0v) is 17.1. The van der Waals surface area contributed by atoms with Gasteiger partial charge in [0.05, 0.1) is 12.2 Å². The van der Waals surface area contributed by atoms with E-state index in [0.29, 0.717) is 6.42 Å². The van der Waals surface area contributed by atoms with Gasteiger partial charge in [0.15, 0.2) is 0 Å². The van der Waals surface area contributed by atoms with E-state index >= 15 is 0 Å². The van der Waals surface area contributed by atoms with Crippen molar-refractivity contribution in [1.29, 1.82) is 0 Å². The molecule has 0 radical (unpaired) electrons. The molecule has 2 heterocycles. The molecule has 1 unspecified atom stereocenters. The molecule has 30 heavy (non-hydrogen) atoms. The van der Waals surface area contributed by atoms with E-state index in [1.165, 1.54) is 12.1 Å². The van der Waals surface area contributed by atoms with E-state index in [0.717, 1.165) is 28.9 Å². The largest absolute Gasteiger partial charge is 0.349 e. The first-order valence-corrected chi connectivity index (χ1v) is 9.96. The Balaban J connectivity index is 1.53. The number of benzene rings is 1. The molecule has 3 aromatic rings. The number of aryl methyl sites for hydroxylation is 1. The Kier molecular flexibility index (Phi) is 7.00. The summed E-state index contributed by atoms with van der Waals surface area (Å²) in [4.78, 5) is 29.4. The lowest BCUT2D eigenvalue weighted by atomic mass is 10.1. The standard InChI is InChI=1S/C22H26FN5O2/c1-3-5-19(27-22(30)25-12-16-7-9-17(23)10-8-16)21(29)24-13-18-14-28-11-4-6-15(2)20(28)26-18/h4,6-11,14,19H,3,5,12-13H2,1-2H3,(H,24,29)(H2,25,27,30). The highest BCUT2D eigenvalue weighted by Gasteiger charge is 2.20. The van der Waals surface area contributed by atoms with Crippen LogP contribution in [0.15, 0.2) is 48.8 Å². The molecule has 2 aromatic heterocycles. The van der Waals surface area contributed by atoms with Crippen molar-refractivity contribution in [3.05, 3.63) is 71.4 Å². The first kappa shape index (κ1) is 21.3. The van der Waals surface area contributed by atoms with E-state index in [-0.39, 0.29) is 24.8 Å². The van der Waals surface area contributed by atoms with Crippen LogP contribution in [0.25, 0.3) is 5.65 Å². The molecule has 7 nitrogen and oxygen atoms in total. The van der Waals surface area contributed by atoms with Crippen LogP contribution in [0.2, 0.25) is 0 Å². The third-order valence-electron chi connectivity index (χ3n) is 4.74. The highest BCUT2D eigenvalue weighted by Crippen LogP contribution is 2.10. The molecule has 0 aliphatic heterocycles. The molecule has 1 aromatic carbocycles. The number of halogens is 1. The first-order chi connectivity index (χ1) is 14.5. The molecule has 0 saturated heterocycles. The summed E-state index contributed by atoms with van der Waals surface area (Å²) < 4.78 is 14.9. The van der Waals surface area contributed by atoms with Gasteiger partial charge in [0.25, 0.3) is 0 Å². The second-order valence-corrected chi connectivity index (χ2v) is 7.17. The Morgan fingerprint density at radius 2 is 1.90 bits per heavy atom. The number of urea groups is 1. The zero-order valence-electron chi connectivity index (χ0n) is 17.1. The van der Waals surface area contributed by atoms with Crippen LogP contribution in [0, 0.1) is 12.7 Å². The van der Waals surface area contributed by atoms with Gasteiger partial charge < -0.3 is 20.4 Å². The number of pyridine rings is 1. The Hall–Kier alpha value is -3.42. The Labute approximate surface area is 174 Å². The molecule has 3 rings (SSSR count). The lowest BCUT2D eigenvalue weighted by Gasteiger charge is -2.18. The maximum absolute atomic E-state index is 13.0. The molecule has 1 atom stereocenters. The van der Waals surface area contributed by atoms with E-state index < -0.39 is 12.1 Å². The van der Waals surface area contributed by atoms with Crippen LogP contribution in [0.5, 0.6) is 0 Å². The van der Waals surface area contributed by atoms with E-state index in [2.05, 4.69) is 20.9 Å². The number of nitrogens with zero attached hydrogens (tertiary/aromatic N) is 2. The van der Waals surface area contributed by atoms with Gasteiger partial charge in [0.2, 0.25) is 5.91 Å². The Morgan fingerprint density at radius 3 is 2.60 bits per heavy atom. The SMILES string of the molecule is CCCC(NC(=O)NCc1ccc(F)cc1)C(=O)NCc1cn2cccc(C)c2n1. The number of amides is 3. The minimum absolute atomic E-state index is 0.243. The van der Waals surface area contributed by atoms with Crippen molar-refractivity contribution in [1.82, 2.24) is 25.3 Å². The van der Waals surface area contributed by atoms with Gasteiger partial charge >= 0.3 is 6.03 Å². The highest BCUT2D eigenvalue weighted by atomic mass is 19.1. The fourth-order valence-corrected chi connectivity index (χ4v) is 3.14. The summed E-state index contributed by atoms with van der Waals surface area (Å²) in [6.07, 6.45) is 5.04. The topological polar surface area (TPSA) is 87.5 Å². The number of carbonyl (C=O) groups excluding carboxylic acids is 2. The lowest BCUT2D eigenvalue weighted by Crippen LogP contribution is -2.49. The van der Waals surface area contributed by atoms with Crippen LogP contribution < -0.4 is 16.0 Å². The molecule has 0 bridgehead atoms. The Morgan fingerprint density at radius 1 is 1.13 bits per heavy atom. The van der Waals surface area contributed by atoms with Gasteiger partial charge in [0.1, 0.15) is 17.5 Å². The minimum atomic E-state index is -0.651. The quantitative estimate of drug-likeness (QED) is 0.532. The molecule has 0 saturated carbocycles. The van der Waals surface area contributed by atoms with Crippen LogP contribution in [-0.4, -0.2) is 27.4 Å². The van der Waals surface area contributed by atoms with E-state index in [1.807, 2.05) is 42.8 Å². The number of fused-ring (bicyclic) bond motifs is 1. The second kappa shape index (κ2) is 9.87. The molecule has 8 heteroatoms. The maximum Gasteiger partial charge on any atom is 0.315 e. The molecular formula is C22H26FN5O2. The summed E-state index contributed by atoms with van der Waals surface area (Å²) in [5, 5.41) is 8.25. The van der Waals surface area contributed by atoms with Gasteiger partial charge in [0, 0.05) is 18.9 Å². The van der Waals surface area contributed by atoms with Crippen molar-refractivity contribution in [2.45, 2.75) is 45.8 Å². The van der Waals surface area contributed by atoms with Gasteiger partial charge in [-0.3, -0.25) is 4.79 Å². The van der Waals surface area contributed by atoms with Gasteiger partial charge in [-0.25, -0.2) is 14.2 Å². The summed E-state index contributed by atoms with van der Waals surface area (Å²) in [6, 6.07) is 8.70. The van der Waals surface area contributed by atoms with Crippen molar-refractivity contribution in [3.63, 3.8) is 0 Å². The number of carbonyl (C=O) groups is 2. The molecule has 158 valence electrons. The summed E-state index contributed by atoms with van der Waals surface area (Å²) in [7, 11) is 0. The smallest absolute Gasteiger partial charge is 0.315 e. The first-order valence-electron chi connectivity index (χ1n) is 9.96. The number of imidazole rings is 1. The van der Waals surface area contributed by atoms with Gasteiger partial charge in [-0.05, 0) is 42.7 Å². The second-order valence-electron chi connectivity index (χ2n) is 7.17. The highest BCUT2D eigenvalue weighted by molar-refractivity contribution is 5.86. The van der Waals surface area contributed by atoms with Crippen molar-refractivity contribution >= 4 is 17.6 Å². The lowest BCUT2D eigenvalue weighted by molar-refractivity contribution is -0.123. The Bertz CT molecular complexity index is 1020. The monoisotopic (exact) mass is 411 g/mol. The number of hydrogen-bond acceptors (Lipinski definition) is 3. The fraction of sp³-hybridized carbons (Fsp3) is 0.318. The van der Waals surface area contributed by atoms with Crippen LogP contribution in [0.1, 0.15) is 36.6 Å². The predicted octanol–water partition coefficient (Wildman–Crippen LogP) is 3.07. The fourth-order valence-electron chi connectivity index (χ4n) is 3.14. The van der Waals surface area contributed by atoms with Gasteiger partial charge in [-0.15, -0.1) is 0 Å². The molecule has 0 aliphatic carbocycles. The minimum Gasteiger partial charge on any atom is -0.349 e. The maximum atomic E-state index is 13.0. The molecule has 0 aliphatic rings. The number of nitrogens with one attached hydrogen (secondary N) is 3. The van der Waals surface area contributed by atoms with Crippen molar-refractivity contribution in [2.75, 3.05) is 0 Å². The number of rotatable bonds is 8. The average molecular weight is 411 g/mol. The van der Waals surface area contributed by atoms with Crippen LogP contribution >= 0.6 is 0 Å². The van der Waals surface area contributed by atoms with Gasteiger partial charge in [-0.1, -0.05) is 31.5 Å². The summed E-state index contributed by atoms with van der Waals surface area (Å²) in [5.74, 6) is -0.591. The average Bonchev–Trinajstić information content (AvgIpc) is 3.16. The number of hydrogen-bond donors (Lipinski definition) is 3. The van der Waals surface area contributed by atoms with Crippen LogP contribution in [0.3, 0.4) is 0 Å². The molecule has 0 fully saturated rings. The third-order valence-corrected chi connectivity index (χ3v) is 4.74. The van der Waals surface area contributed by atoms with Crippen molar-refractivity contribution in [2.24, 2.45) is 0 Å². The van der Waals surface area contributed by atoms with Crippen LogP contribution in [-0.2, 0) is 17.9 Å².